The molecule has 2 aliphatic heterocycles. The van der Waals surface area contributed by atoms with Crippen LogP contribution in [0.15, 0.2) is 24.3 Å². The normalized spacial score (nSPS) is 18.0. The van der Waals surface area contributed by atoms with Crippen molar-refractivity contribution in [3.05, 3.63) is 47.2 Å². The van der Waals surface area contributed by atoms with Crippen LogP contribution >= 0.6 is 0 Å². The van der Waals surface area contributed by atoms with E-state index in [9.17, 15) is 13.9 Å². The number of terminal acetylenes is 1. The highest BCUT2D eigenvalue weighted by molar-refractivity contribution is 6.03. The molecule has 11 heteroatoms. The van der Waals surface area contributed by atoms with Crippen LogP contribution in [0.3, 0.4) is 0 Å². The fourth-order valence-corrected chi connectivity index (χ4v) is 6.84. The number of anilines is 1. The Hall–Kier alpha value is -4.14. The van der Waals surface area contributed by atoms with Crippen molar-refractivity contribution in [1.82, 2.24) is 25.2 Å². The number of pyridine rings is 1. The van der Waals surface area contributed by atoms with Crippen LogP contribution in [0.4, 0.5) is 19.0 Å². The van der Waals surface area contributed by atoms with E-state index in [1.807, 2.05) is 20.8 Å². The molecular formula is C37H43F3N6O2. The fraction of sp³-hybridized carbons (Fsp3) is 0.486. The number of phenolic OH excluding ortho intramolecular Hbond substituents is 1. The average molecular weight is 661 g/mol. The standard InChI is InChI=1S/C35H37F3N6O2.C2H6/c1-3-24-26(37)6-5-21-17-23(45)18-25(28(21)24)31-30(38)32-29(27(4-2)40-31)33(44-15-11-39-12-16-44)42-34(41-32)46-20-35(9-10-35)19-43-13-7-22(36)8-14-43;1-2/h1,5-6,17-18,22,39,45H,4,7-16,19-20H2,2H3;1-2H3. The Labute approximate surface area is 279 Å². The minimum Gasteiger partial charge on any atom is -0.508 e. The maximum Gasteiger partial charge on any atom is 0.319 e. The molecule has 0 radical (unpaired) electrons. The van der Waals surface area contributed by atoms with Crippen molar-refractivity contribution >= 4 is 27.5 Å². The van der Waals surface area contributed by atoms with Gasteiger partial charge in [0.05, 0.1) is 23.3 Å². The highest BCUT2D eigenvalue weighted by atomic mass is 19.1. The monoisotopic (exact) mass is 660 g/mol. The topological polar surface area (TPSA) is 86.6 Å². The van der Waals surface area contributed by atoms with Gasteiger partial charge in [-0.15, -0.1) is 6.42 Å². The minimum atomic E-state index is -0.731. The maximum absolute atomic E-state index is 16.9. The number of hydrogen-bond acceptors (Lipinski definition) is 8. The van der Waals surface area contributed by atoms with E-state index in [4.69, 9.17) is 21.1 Å². The molecule has 4 heterocycles. The van der Waals surface area contributed by atoms with E-state index in [-0.39, 0.29) is 44.9 Å². The molecule has 0 atom stereocenters. The maximum atomic E-state index is 16.9. The number of halogens is 3. The second kappa shape index (κ2) is 14.1. The first-order valence-electron chi connectivity index (χ1n) is 17.1. The van der Waals surface area contributed by atoms with Crippen LogP contribution < -0.4 is 15.0 Å². The average Bonchev–Trinajstić information content (AvgIpc) is 3.88. The Morgan fingerprint density at radius 3 is 2.44 bits per heavy atom. The number of likely N-dealkylation sites (tertiary alicyclic amines) is 1. The number of aromatic nitrogens is 3. The summed E-state index contributed by atoms with van der Waals surface area (Å²) in [6.07, 6.45) is 8.51. The quantitative estimate of drug-likeness (QED) is 0.210. The summed E-state index contributed by atoms with van der Waals surface area (Å²) in [4.78, 5) is 18.7. The van der Waals surface area contributed by atoms with Crippen LogP contribution in [0.1, 0.15) is 57.7 Å². The molecule has 3 aliphatic rings. The number of fused-ring (bicyclic) bond motifs is 2. The van der Waals surface area contributed by atoms with Gasteiger partial charge in [0.1, 0.15) is 34.8 Å². The Kier molecular flexibility index (Phi) is 9.95. The van der Waals surface area contributed by atoms with Crippen molar-refractivity contribution < 1.29 is 23.0 Å². The lowest BCUT2D eigenvalue weighted by atomic mass is 9.95. The molecule has 2 N–H and O–H groups in total. The second-order valence-electron chi connectivity index (χ2n) is 12.8. The number of nitrogens with zero attached hydrogens (tertiary/aromatic N) is 5. The molecule has 2 aromatic heterocycles. The molecule has 0 bridgehead atoms. The highest BCUT2D eigenvalue weighted by Crippen LogP contribution is 2.47. The second-order valence-corrected chi connectivity index (χ2v) is 12.8. The largest absolute Gasteiger partial charge is 0.508 e. The van der Waals surface area contributed by atoms with Crippen molar-refractivity contribution in [3.63, 3.8) is 0 Å². The first-order valence-corrected chi connectivity index (χ1v) is 17.1. The Balaban J connectivity index is 0.00000197. The minimum absolute atomic E-state index is 0.0365. The third-order valence-corrected chi connectivity index (χ3v) is 9.56. The van der Waals surface area contributed by atoms with Crippen LogP contribution in [-0.4, -0.2) is 83.6 Å². The van der Waals surface area contributed by atoms with Gasteiger partial charge in [-0.2, -0.15) is 9.97 Å². The van der Waals surface area contributed by atoms with Crippen molar-refractivity contribution in [2.75, 3.05) is 57.3 Å². The molecule has 1 aliphatic carbocycles. The van der Waals surface area contributed by atoms with Crippen molar-refractivity contribution in [3.8, 4) is 35.4 Å². The zero-order valence-corrected chi connectivity index (χ0v) is 27.9. The van der Waals surface area contributed by atoms with Gasteiger partial charge >= 0.3 is 6.01 Å². The van der Waals surface area contributed by atoms with E-state index in [0.29, 0.717) is 61.2 Å². The molecule has 254 valence electrons. The summed E-state index contributed by atoms with van der Waals surface area (Å²) < 4.78 is 51.8. The molecule has 7 rings (SSSR count). The fourth-order valence-electron chi connectivity index (χ4n) is 6.84. The summed E-state index contributed by atoms with van der Waals surface area (Å²) in [7, 11) is 0. The van der Waals surface area contributed by atoms with Gasteiger partial charge in [0.2, 0.25) is 0 Å². The predicted octanol–water partition coefficient (Wildman–Crippen LogP) is 6.40. The van der Waals surface area contributed by atoms with Crippen LogP contribution in [-0.2, 0) is 6.42 Å². The summed E-state index contributed by atoms with van der Waals surface area (Å²) in [6, 6.07) is 5.62. The molecule has 8 nitrogen and oxygen atoms in total. The summed E-state index contributed by atoms with van der Waals surface area (Å²) >= 11 is 0. The lowest BCUT2D eigenvalue weighted by molar-refractivity contribution is 0.107. The number of phenols is 1. The molecular weight excluding hydrogens is 617 g/mol. The van der Waals surface area contributed by atoms with Crippen molar-refractivity contribution in [2.24, 2.45) is 5.41 Å². The number of aromatic hydroxyl groups is 1. The smallest absolute Gasteiger partial charge is 0.319 e. The number of alkyl halides is 1. The van der Waals surface area contributed by atoms with Crippen LogP contribution in [0.2, 0.25) is 0 Å². The number of ether oxygens (including phenoxy) is 1. The molecule has 1 saturated carbocycles. The summed E-state index contributed by atoms with van der Waals surface area (Å²) in [5.74, 6) is 1.47. The number of benzene rings is 2. The van der Waals surface area contributed by atoms with Gasteiger partial charge in [0, 0.05) is 62.2 Å². The van der Waals surface area contributed by atoms with Gasteiger partial charge in [-0.1, -0.05) is 32.8 Å². The molecule has 2 aromatic carbocycles. The first kappa shape index (κ1) is 33.7. The first-order chi connectivity index (χ1) is 23.3. The van der Waals surface area contributed by atoms with E-state index in [2.05, 4.69) is 26.0 Å². The molecule has 0 amide bonds. The number of piperidine rings is 1. The zero-order chi connectivity index (χ0) is 34.0. The highest BCUT2D eigenvalue weighted by Gasteiger charge is 2.45. The number of aryl methyl sites for hydroxylation is 1. The van der Waals surface area contributed by atoms with Gasteiger partial charge in [-0.05, 0) is 55.7 Å². The Morgan fingerprint density at radius 2 is 1.77 bits per heavy atom. The number of nitrogens with one attached hydrogen (secondary N) is 1. The van der Waals surface area contributed by atoms with E-state index in [1.165, 1.54) is 24.3 Å². The van der Waals surface area contributed by atoms with Crippen LogP contribution in [0.25, 0.3) is 32.9 Å². The summed E-state index contributed by atoms with van der Waals surface area (Å²) in [6.45, 7) is 11.4. The number of rotatable bonds is 8. The van der Waals surface area contributed by atoms with Crippen molar-refractivity contribution in [2.45, 2.75) is 59.0 Å². The van der Waals surface area contributed by atoms with Gasteiger partial charge < -0.3 is 25.0 Å². The molecule has 3 fully saturated rings. The lowest BCUT2D eigenvalue weighted by Gasteiger charge is -2.32. The van der Waals surface area contributed by atoms with E-state index < -0.39 is 17.8 Å². The van der Waals surface area contributed by atoms with E-state index >= 15 is 4.39 Å². The SMILES string of the molecule is C#Cc1c(F)ccc2cc(O)cc(-c3nc(CC)c4c(N5CCNCC5)nc(OCC5(CN6CCC(F)CC6)CC5)nc4c3F)c12.CC. The zero-order valence-electron chi connectivity index (χ0n) is 27.9. The van der Waals surface area contributed by atoms with E-state index in [1.54, 1.807) is 0 Å². The third-order valence-electron chi connectivity index (χ3n) is 9.56. The Morgan fingerprint density at radius 1 is 1.04 bits per heavy atom. The Bertz CT molecular complexity index is 1840. The number of piperazine rings is 1. The van der Waals surface area contributed by atoms with Crippen molar-refractivity contribution in [1.29, 1.82) is 0 Å². The van der Waals surface area contributed by atoms with Gasteiger partial charge in [0.15, 0.2) is 5.82 Å². The molecule has 4 aromatic rings. The number of hydrogen-bond donors (Lipinski definition) is 2. The molecule has 0 unspecified atom stereocenters. The summed E-state index contributed by atoms with van der Waals surface area (Å²) in [5, 5.41) is 15.2. The summed E-state index contributed by atoms with van der Waals surface area (Å²) in [5.41, 5.74) is 0.602. The van der Waals surface area contributed by atoms with Crippen LogP contribution in [0.5, 0.6) is 11.8 Å². The van der Waals surface area contributed by atoms with Gasteiger partial charge in [-0.3, -0.25) is 0 Å². The van der Waals surface area contributed by atoms with Gasteiger partial charge in [0.25, 0.3) is 0 Å². The lowest BCUT2D eigenvalue weighted by Crippen LogP contribution is -2.44. The third kappa shape index (κ3) is 6.61. The van der Waals surface area contributed by atoms with E-state index in [0.717, 1.165) is 45.6 Å². The predicted molar refractivity (Wildman–Crippen MR) is 183 cm³/mol. The van der Waals surface area contributed by atoms with Gasteiger partial charge in [-0.25, -0.2) is 18.2 Å². The van der Waals surface area contributed by atoms with Crippen LogP contribution in [0, 0.1) is 29.4 Å². The molecule has 48 heavy (non-hydrogen) atoms. The molecule has 2 saturated heterocycles. The molecule has 0 spiro atoms.